The summed E-state index contributed by atoms with van der Waals surface area (Å²) in [5.41, 5.74) is 12.8. The number of aromatic nitrogens is 5. The van der Waals surface area contributed by atoms with E-state index >= 15 is 0 Å². The SMILES string of the molecule is C=CCC(=O)OC.CCc1cc(/C=C/CC(=O)OC)cc(C)n1.CCc1cc(CCC(=O)OC)cc(C)n1.COC(=O)C/C=C/c1cc(C)nc(CO)c1.COC(=O)CCc1cc(C)nc(CO)c1.Cc1c[c-]cc(CO)n1.[Y]. The molecule has 79 heavy (non-hydrogen) atoms. The van der Waals surface area contributed by atoms with Crippen molar-refractivity contribution in [3.8, 4) is 0 Å². The van der Waals surface area contributed by atoms with E-state index in [-0.39, 0.29) is 88.8 Å². The number of ether oxygens (including phenoxy) is 5. The van der Waals surface area contributed by atoms with Gasteiger partial charge in [0, 0.05) is 86.3 Å². The van der Waals surface area contributed by atoms with E-state index < -0.39 is 0 Å². The molecule has 0 amide bonds. The number of rotatable bonds is 19. The Labute approximate surface area is 492 Å². The van der Waals surface area contributed by atoms with E-state index in [1.807, 2.05) is 77.1 Å². The Morgan fingerprint density at radius 1 is 0.468 bits per heavy atom. The Morgan fingerprint density at radius 2 is 0.810 bits per heavy atom. The predicted molar refractivity (Wildman–Crippen MR) is 299 cm³/mol. The maximum absolute atomic E-state index is 11.0. The summed E-state index contributed by atoms with van der Waals surface area (Å²) < 4.78 is 22.5. The van der Waals surface area contributed by atoms with Crippen LogP contribution in [0.5, 0.6) is 0 Å². The fourth-order valence-corrected chi connectivity index (χ4v) is 6.45. The topological polar surface area (TPSA) is 257 Å². The number of carbonyl (C=O) groups is 5. The number of aliphatic hydroxyl groups is 3. The van der Waals surface area contributed by atoms with Crippen LogP contribution in [0, 0.1) is 40.7 Å². The molecule has 0 unspecified atom stereocenters. The number of aliphatic hydroxyl groups excluding tert-OH is 3. The molecular formula is C60H80N5O13Y-. The number of hydrogen-bond donors (Lipinski definition) is 3. The molecule has 5 heterocycles. The third-order valence-electron chi connectivity index (χ3n) is 10.1. The maximum atomic E-state index is 11.0. The molecule has 0 fully saturated rings. The van der Waals surface area contributed by atoms with Crippen molar-refractivity contribution in [2.24, 2.45) is 0 Å². The predicted octanol–water partition coefficient (Wildman–Crippen LogP) is 8.45. The molecular weight excluding hydrogens is 1090 g/mol. The number of aryl methyl sites for hydroxylation is 9. The maximum Gasteiger partial charge on any atom is 0.309 e. The van der Waals surface area contributed by atoms with Gasteiger partial charge in [-0.15, -0.1) is 6.58 Å². The molecule has 19 heteroatoms. The molecule has 0 aliphatic rings. The van der Waals surface area contributed by atoms with Gasteiger partial charge >= 0.3 is 29.8 Å². The Balaban J connectivity index is 0. The minimum absolute atomic E-state index is 0. The van der Waals surface area contributed by atoms with Gasteiger partial charge in [0.15, 0.2) is 0 Å². The van der Waals surface area contributed by atoms with Gasteiger partial charge in [-0.1, -0.05) is 56.8 Å². The van der Waals surface area contributed by atoms with Crippen molar-refractivity contribution in [2.75, 3.05) is 35.5 Å². The first-order valence-electron chi connectivity index (χ1n) is 25.1. The van der Waals surface area contributed by atoms with Gasteiger partial charge in [0.25, 0.3) is 0 Å². The average Bonchev–Trinajstić information content (AvgIpc) is 3.43. The fraction of sp³-hybridized carbons (Fsp3) is 0.400. The molecule has 18 nitrogen and oxygen atoms in total. The summed E-state index contributed by atoms with van der Waals surface area (Å²) >= 11 is 0. The van der Waals surface area contributed by atoms with E-state index in [1.54, 1.807) is 36.4 Å². The van der Waals surface area contributed by atoms with Gasteiger partial charge in [0.2, 0.25) is 0 Å². The third kappa shape index (κ3) is 36.9. The first-order valence-corrected chi connectivity index (χ1v) is 25.1. The molecule has 5 aromatic rings. The fourth-order valence-electron chi connectivity index (χ4n) is 6.45. The number of carbonyl (C=O) groups excluding carboxylic acids is 5. The Kier molecular flexibility index (Phi) is 42.6. The van der Waals surface area contributed by atoms with E-state index in [2.05, 4.69) is 81.2 Å². The van der Waals surface area contributed by atoms with Gasteiger partial charge in [-0.05, 0) is 130 Å². The van der Waals surface area contributed by atoms with Crippen molar-refractivity contribution in [3.63, 3.8) is 0 Å². The summed E-state index contributed by atoms with van der Waals surface area (Å²) in [5, 5.41) is 26.5. The van der Waals surface area contributed by atoms with Crippen LogP contribution in [0.4, 0.5) is 0 Å². The zero-order valence-electron chi connectivity index (χ0n) is 48.1. The minimum atomic E-state index is -0.274. The Bertz CT molecular complexity index is 2530. The largest absolute Gasteiger partial charge is 0.469 e. The molecule has 0 saturated carbocycles. The molecule has 427 valence electrons. The summed E-state index contributed by atoms with van der Waals surface area (Å²) in [6.07, 6.45) is 13.6. The quantitative estimate of drug-likeness (QED) is 0.0303. The number of methoxy groups -OCH3 is 5. The van der Waals surface area contributed by atoms with Crippen LogP contribution >= 0.6 is 0 Å². The Morgan fingerprint density at radius 3 is 1.16 bits per heavy atom. The van der Waals surface area contributed by atoms with Crippen LogP contribution in [0.25, 0.3) is 12.2 Å². The van der Waals surface area contributed by atoms with E-state index in [4.69, 9.17) is 15.3 Å². The summed E-state index contributed by atoms with van der Waals surface area (Å²) in [6.45, 7) is 16.9. The van der Waals surface area contributed by atoms with Crippen molar-refractivity contribution < 1.29 is 95.7 Å². The first kappa shape index (κ1) is 74.4. The zero-order chi connectivity index (χ0) is 58.8. The number of esters is 5. The van der Waals surface area contributed by atoms with Crippen LogP contribution in [-0.2, 0) is 126 Å². The minimum Gasteiger partial charge on any atom is -0.469 e. The van der Waals surface area contributed by atoms with Crippen LogP contribution in [0.2, 0.25) is 0 Å². The van der Waals surface area contributed by atoms with Crippen molar-refractivity contribution in [2.45, 2.75) is 126 Å². The van der Waals surface area contributed by atoms with Gasteiger partial charge in [-0.2, -0.15) is 18.2 Å². The molecule has 5 aromatic heterocycles. The van der Waals surface area contributed by atoms with Gasteiger partial charge in [-0.25, -0.2) is 0 Å². The summed E-state index contributed by atoms with van der Waals surface area (Å²) in [4.78, 5) is 74.9. The van der Waals surface area contributed by atoms with Crippen molar-refractivity contribution in [1.82, 2.24) is 24.9 Å². The first-order chi connectivity index (χ1) is 37.2. The molecule has 5 rings (SSSR count). The second-order valence-electron chi connectivity index (χ2n) is 16.8. The van der Waals surface area contributed by atoms with Crippen LogP contribution in [-0.4, -0.2) is 106 Å². The van der Waals surface area contributed by atoms with Gasteiger partial charge in [0.1, 0.15) is 0 Å². The van der Waals surface area contributed by atoms with Gasteiger partial charge in [-0.3, -0.25) is 43.9 Å². The van der Waals surface area contributed by atoms with E-state index in [1.165, 1.54) is 41.6 Å². The summed E-state index contributed by atoms with van der Waals surface area (Å²) in [7, 11) is 6.89. The normalized spacial score (nSPS) is 9.91. The zero-order valence-corrected chi connectivity index (χ0v) is 50.9. The van der Waals surface area contributed by atoms with Crippen LogP contribution < -0.4 is 0 Å². The van der Waals surface area contributed by atoms with E-state index in [9.17, 15) is 24.0 Å². The van der Waals surface area contributed by atoms with Crippen LogP contribution in [0.15, 0.2) is 85.5 Å². The second-order valence-corrected chi connectivity index (χ2v) is 16.8. The number of pyridine rings is 5. The Hall–Kier alpha value is -6.70. The molecule has 1 radical (unpaired) electrons. The molecule has 0 saturated heterocycles. The molecule has 0 spiro atoms. The van der Waals surface area contributed by atoms with Crippen LogP contribution in [0.1, 0.15) is 125 Å². The second kappa shape index (κ2) is 45.2. The van der Waals surface area contributed by atoms with Gasteiger partial charge in [0.05, 0.1) is 79.4 Å². The molecule has 0 aromatic carbocycles. The monoisotopic (exact) mass is 1170 g/mol. The van der Waals surface area contributed by atoms with Crippen molar-refractivity contribution in [3.05, 3.63) is 171 Å². The molecule has 0 aliphatic carbocycles. The molecule has 3 N–H and O–H groups in total. The van der Waals surface area contributed by atoms with Crippen LogP contribution in [0.3, 0.4) is 0 Å². The van der Waals surface area contributed by atoms with Crippen molar-refractivity contribution in [1.29, 1.82) is 0 Å². The standard InChI is InChI=1S/C13H17NO2.C12H15NO3.C12H17NO2.C11H15NO3.C7H8NO.C5H8O2.Y/c1-4-12-9-11(8-10(2)14-12)6-5-7-13(15)16-3;1-9-6-10(7-11(8-14)13-9)4-3-5-12(15)16-2;1-4-11-8-10(7-9(2)13-11)5-6-12(14)15-3;1-8-5-9(3-4-11(14)15-2)6-10(7-13)12-8;1-6-3-2-4-7(5-9)8-6;1-3-4-5(6)7-2;/h5-6,8-9H,4,7H2,1-3H3;3-4,6-7,14H,5,8H2,1-2H3;7-8H,4-6H2,1-3H3;5-6,13H,3-4,7H2,1-2H3;3-4,9H,5H2,1H3;3H,1,4H2,2H3;/q;;;;-1;;/b6-5+;4-3+;;;;;. The van der Waals surface area contributed by atoms with Crippen molar-refractivity contribution >= 4 is 42.0 Å². The van der Waals surface area contributed by atoms with Gasteiger partial charge < -0.3 is 44.0 Å². The average molecular weight is 1170 g/mol. The third-order valence-corrected chi connectivity index (χ3v) is 10.1. The number of nitrogens with zero attached hydrogens (tertiary/aromatic N) is 5. The summed E-state index contributed by atoms with van der Waals surface area (Å²) in [6, 6.07) is 21.8. The summed E-state index contributed by atoms with van der Waals surface area (Å²) in [5.74, 6) is -1.13. The molecule has 0 bridgehead atoms. The molecule has 0 aliphatic heterocycles. The smallest absolute Gasteiger partial charge is 0.309 e. The van der Waals surface area contributed by atoms with E-state index in [0.717, 1.165) is 81.4 Å². The number of hydrogen-bond acceptors (Lipinski definition) is 18. The van der Waals surface area contributed by atoms with E-state index in [0.29, 0.717) is 49.2 Å². The molecule has 0 atom stereocenters.